The molecule has 0 aliphatic heterocycles. The molecule has 8 heteroatoms. The van der Waals surface area contributed by atoms with E-state index in [1.165, 1.54) is 12.1 Å². The zero-order valence-electron chi connectivity index (χ0n) is 16.2. The van der Waals surface area contributed by atoms with E-state index >= 15 is 0 Å². The maximum atomic E-state index is 13.1. The summed E-state index contributed by atoms with van der Waals surface area (Å²) in [5.41, 5.74) is 0.907. The van der Waals surface area contributed by atoms with Gasteiger partial charge in [0, 0.05) is 6.42 Å². The first kappa shape index (κ1) is 19.9. The summed E-state index contributed by atoms with van der Waals surface area (Å²) in [5, 5.41) is 4.25. The van der Waals surface area contributed by atoms with E-state index < -0.39 is 5.56 Å². The van der Waals surface area contributed by atoms with Gasteiger partial charge in [0.25, 0.3) is 11.1 Å². The topological polar surface area (TPSA) is 73.6 Å². The molecule has 30 heavy (non-hydrogen) atoms. The van der Waals surface area contributed by atoms with Gasteiger partial charge in [-0.3, -0.25) is 9.59 Å². The van der Waals surface area contributed by atoms with Crippen molar-refractivity contribution in [1.82, 2.24) is 14.6 Å². The van der Waals surface area contributed by atoms with Crippen LogP contribution >= 0.6 is 11.3 Å². The molecule has 0 bridgehead atoms. The number of benzene rings is 2. The Morgan fingerprint density at radius 3 is 2.53 bits per heavy atom. The van der Waals surface area contributed by atoms with Crippen molar-refractivity contribution in [2.45, 2.75) is 19.8 Å². The monoisotopic (exact) mass is 423 g/mol. The molecule has 0 unspecified atom stereocenters. The summed E-state index contributed by atoms with van der Waals surface area (Å²) in [6.45, 7) is 2.68. The van der Waals surface area contributed by atoms with Gasteiger partial charge in [-0.15, -0.1) is 0 Å². The summed E-state index contributed by atoms with van der Waals surface area (Å²) >= 11 is 1.07. The van der Waals surface area contributed by atoms with E-state index in [4.69, 9.17) is 4.74 Å². The second-order valence-corrected chi connectivity index (χ2v) is 7.70. The van der Waals surface area contributed by atoms with Crippen LogP contribution in [0.3, 0.4) is 0 Å². The number of halogens is 1. The minimum absolute atomic E-state index is 0.193. The lowest BCUT2D eigenvalue weighted by Crippen LogP contribution is -2.28. The first-order valence-corrected chi connectivity index (χ1v) is 10.3. The summed E-state index contributed by atoms with van der Waals surface area (Å²) in [6, 6.07) is 13.2. The normalized spacial score (nSPS) is 11.9. The number of nitrogens with zero attached hydrogens (tertiary/aromatic N) is 3. The molecule has 0 saturated carbocycles. The van der Waals surface area contributed by atoms with E-state index in [0.717, 1.165) is 33.6 Å². The third kappa shape index (κ3) is 4.28. The van der Waals surface area contributed by atoms with Crippen LogP contribution in [0.25, 0.3) is 11.0 Å². The zero-order valence-corrected chi connectivity index (χ0v) is 17.0. The van der Waals surface area contributed by atoms with Crippen LogP contribution in [0.1, 0.15) is 30.2 Å². The van der Waals surface area contributed by atoms with Crippen LogP contribution in [0.15, 0.2) is 58.1 Å². The molecule has 4 aromatic rings. The largest absolute Gasteiger partial charge is 0.494 e. The van der Waals surface area contributed by atoms with Crippen LogP contribution in [0.4, 0.5) is 4.39 Å². The fourth-order valence-electron chi connectivity index (χ4n) is 2.88. The van der Waals surface area contributed by atoms with Crippen molar-refractivity contribution in [3.63, 3.8) is 0 Å². The lowest BCUT2D eigenvalue weighted by Gasteiger charge is -2.05. The average molecular weight is 423 g/mol. The van der Waals surface area contributed by atoms with Gasteiger partial charge in [-0.2, -0.15) is 14.6 Å². The molecule has 0 amide bonds. The molecule has 0 N–H and O–H groups in total. The Labute approximate surface area is 174 Å². The smallest absolute Gasteiger partial charge is 0.296 e. The molecule has 4 rings (SSSR count). The molecule has 0 radical (unpaired) electrons. The first-order valence-electron chi connectivity index (χ1n) is 9.45. The summed E-state index contributed by atoms with van der Waals surface area (Å²) < 4.78 is 20.2. The Kier molecular flexibility index (Phi) is 5.67. The van der Waals surface area contributed by atoms with Crippen molar-refractivity contribution < 1.29 is 9.13 Å². The second-order valence-electron chi connectivity index (χ2n) is 6.69. The van der Waals surface area contributed by atoms with E-state index in [9.17, 15) is 14.0 Å². The highest BCUT2D eigenvalue weighted by Gasteiger charge is 2.12. The van der Waals surface area contributed by atoms with Crippen molar-refractivity contribution in [3.8, 4) is 5.75 Å². The molecular formula is C22H18FN3O3S. The van der Waals surface area contributed by atoms with E-state index in [-0.39, 0.29) is 28.5 Å². The number of hydrogen-bond donors (Lipinski definition) is 0. The Balaban J connectivity index is 1.66. The summed E-state index contributed by atoms with van der Waals surface area (Å²) in [4.78, 5) is 29.4. The van der Waals surface area contributed by atoms with Gasteiger partial charge >= 0.3 is 0 Å². The van der Waals surface area contributed by atoms with Crippen molar-refractivity contribution in [3.05, 3.63) is 96.4 Å². The highest BCUT2D eigenvalue weighted by Crippen LogP contribution is 2.14. The van der Waals surface area contributed by atoms with Crippen LogP contribution in [0.2, 0.25) is 0 Å². The Morgan fingerprint density at radius 1 is 1.10 bits per heavy atom. The van der Waals surface area contributed by atoms with Gasteiger partial charge in [-0.1, -0.05) is 42.5 Å². The lowest BCUT2D eigenvalue weighted by atomic mass is 10.1. The third-order valence-corrected chi connectivity index (χ3v) is 5.35. The summed E-state index contributed by atoms with van der Waals surface area (Å²) in [5.74, 6) is 0.411. The molecule has 0 aliphatic rings. The highest BCUT2D eigenvalue weighted by atomic mass is 32.1. The van der Waals surface area contributed by atoms with Crippen molar-refractivity contribution in [2.75, 3.05) is 6.61 Å². The minimum atomic E-state index is -0.462. The Morgan fingerprint density at radius 2 is 1.83 bits per heavy atom. The van der Waals surface area contributed by atoms with Gasteiger partial charge in [-0.25, -0.2) is 4.39 Å². The Hall–Kier alpha value is -3.39. The predicted molar refractivity (Wildman–Crippen MR) is 114 cm³/mol. The molecule has 0 saturated heterocycles. The maximum absolute atomic E-state index is 13.1. The van der Waals surface area contributed by atoms with Gasteiger partial charge in [0.05, 0.1) is 11.1 Å². The average Bonchev–Trinajstić information content (AvgIpc) is 3.04. The molecule has 2 aromatic heterocycles. The molecule has 0 spiro atoms. The van der Waals surface area contributed by atoms with Crippen molar-refractivity contribution in [2.24, 2.45) is 0 Å². The maximum Gasteiger partial charge on any atom is 0.296 e. The lowest BCUT2D eigenvalue weighted by molar-refractivity contribution is 0.317. The third-order valence-electron chi connectivity index (χ3n) is 4.39. The molecule has 0 atom stereocenters. The molecule has 2 aromatic carbocycles. The standard InChI is InChI=1S/C22H18FN3O3S/c1-2-11-29-17-9-5-14(6-10-17)12-18-20(27)24-22-26(25-18)21(28)19(30-22)13-15-3-7-16(23)8-4-15/h3-10,13H,2,11-12H2,1H3. The van der Waals surface area contributed by atoms with Crippen LogP contribution in [-0.2, 0) is 6.42 Å². The Bertz CT molecular complexity index is 1350. The number of fused-ring (bicyclic) bond motifs is 1. The second kappa shape index (κ2) is 8.54. The van der Waals surface area contributed by atoms with E-state index in [0.29, 0.717) is 16.7 Å². The number of thiazole rings is 1. The summed E-state index contributed by atoms with van der Waals surface area (Å²) in [6.07, 6.45) is 2.81. The SMILES string of the molecule is CCCOc1ccc(Cc2nn3c(=O)c(=Cc4ccc(F)cc4)sc3nc2=O)cc1. The molecule has 0 fully saturated rings. The molecule has 6 nitrogen and oxygen atoms in total. The molecule has 152 valence electrons. The number of rotatable bonds is 6. The van der Waals surface area contributed by atoms with Crippen LogP contribution in [-0.4, -0.2) is 21.2 Å². The molecule has 2 heterocycles. The number of hydrogen-bond acceptors (Lipinski definition) is 6. The molecular weight excluding hydrogens is 405 g/mol. The zero-order chi connectivity index (χ0) is 21.1. The van der Waals surface area contributed by atoms with Crippen LogP contribution in [0, 0.1) is 5.82 Å². The van der Waals surface area contributed by atoms with Crippen LogP contribution < -0.4 is 20.4 Å². The fourth-order valence-corrected chi connectivity index (χ4v) is 3.78. The first-order chi connectivity index (χ1) is 14.5. The highest BCUT2D eigenvalue weighted by molar-refractivity contribution is 7.15. The van der Waals surface area contributed by atoms with Crippen molar-refractivity contribution in [1.29, 1.82) is 0 Å². The van der Waals surface area contributed by atoms with Crippen molar-refractivity contribution >= 4 is 22.4 Å². The van der Waals surface area contributed by atoms with Crippen LogP contribution in [0.5, 0.6) is 5.75 Å². The van der Waals surface area contributed by atoms with E-state index in [2.05, 4.69) is 10.1 Å². The molecule has 0 aliphatic carbocycles. The fraction of sp³-hybridized carbons (Fsp3) is 0.182. The quantitative estimate of drug-likeness (QED) is 0.477. The van der Waals surface area contributed by atoms with Gasteiger partial charge in [0.2, 0.25) is 4.96 Å². The van der Waals surface area contributed by atoms with Gasteiger partial charge in [0.15, 0.2) is 0 Å². The number of ether oxygens (including phenoxy) is 1. The minimum Gasteiger partial charge on any atom is -0.494 e. The van der Waals surface area contributed by atoms with Gasteiger partial charge < -0.3 is 4.74 Å². The van der Waals surface area contributed by atoms with Gasteiger partial charge in [-0.05, 0) is 47.9 Å². The predicted octanol–water partition coefficient (Wildman–Crippen LogP) is 2.58. The number of aromatic nitrogens is 3. The van der Waals surface area contributed by atoms with Gasteiger partial charge in [0.1, 0.15) is 17.3 Å². The van der Waals surface area contributed by atoms with E-state index in [1.807, 2.05) is 31.2 Å². The van der Waals surface area contributed by atoms with E-state index in [1.54, 1.807) is 18.2 Å². The summed E-state index contributed by atoms with van der Waals surface area (Å²) in [7, 11) is 0.